The van der Waals surface area contributed by atoms with Gasteiger partial charge in [-0.3, -0.25) is 0 Å². The number of hydrogen-bond acceptors (Lipinski definition) is 6. The van der Waals surface area contributed by atoms with E-state index in [1.165, 1.54) is 24.3 Å². The number of ether oxygens (including phenoxy) is 1. The number of phenolic OH excluding ortho intramolecular Hbond substituents is 1. The largest absolute Gasteiger partial charge is 0.544 e. The minimum Gasteiger partial charge on any atom is -0.544 e. The minimum absolute atomic E-state index is 0.305. The highest BCUT2D eigenvalue weighted by atomic mass is 19.3. The van der Waals surface area contributed by atoms with E-state index in [9.17, 15) is 33.7 Å². The van der Waals surface area contributed by atoms with Gasteiger partial charge in [-0.05, 0) is 19.1 Å². The third-order valence-electron chi connectivity index (χ3n) is 2.54. The van der Waals surface area contributed by atoms with Gasteiger partial charge in [-0.25, -0.2) is 4.79 Å². The molecule has 1 atom stereocenters. The molecule has 110 valence electrons. The summed E-state index contributed by atoms with van der Waals surface area (Å²) in [6.45, 7) is -0.803. The molecule has 1 rings (SSSR count). The van der Waals surface area contributed by atoms with Crippen molar-refractivity contribution in [3.05, 3.63) is 29.8 Å². The van der Waals surface area contributed by atoms with Crippen molar-refractivity contribution in [3.63, 3.8) is 0 Å². The zero-order chi connectivity index (χ0) is 15.6. The molecule has 2 N–H and O–H groups in total. The number of benzene rings is 1. The Hall–Kier alpha value is -2.22. The number of esters is 1. The van der Waals surface area contributed by atoms with Crippen LogP contribution in [0.1, 0.15) is 17.3 Å². The number of alkyl halides is 2. The lowest BCUT2D eigenvalue weighted by molar-refractivity contribution is -0.344. The predicted molar refractivity (Wildman–Crippen MR) is 59.0 cm³/mol. The molecule has 0 saturated heterocycles. The molecule has 0 bridgehead atoms. The predicted octanol–water partition coefficient (Wildman–Crippen LogP) is -0.315. The van der Waals surface area contributed by atoms with E-state index in [2.05, 4.69) is 4.74 Å². The van der Waals surface area contributed by atoms with Crippen LogP contribution in [0.15, 0.2) is 24.3 Å². The molecule has 0 spiro atoms. The summed E-state index contributed by atoms with van der Waals surface area (Å²) in [6, 6.07) is 5.16. The molecule has 6 nitrogen and oxygen atoms in total. The van der Waals surface area contributed by atoms with E-state index < -0.39 is 35.8 Å². The van der Waals surface area contributed by atoms with Crippen molar-refractivity contribution in [2.75, 3.05) is 6.61 Å². The number of carbonyl (C=O) groups is 2. The Morgan fingerprint density at radius 1 is 1.35 bits per heavy atom. The van der Waals surface area contributed by atoms with Crippen LogP contribution in [0.4, 0.5) is 8.78 Å². The molecule has 20 heavy (non-hydrogen) atoms. The zero-order valence-electron chi connectivity index (χ0n) is 10.3. The molecule has 0 aromatic heterocycles. The molecular weight excluding hydrogens is 278 g/mol. The van der Waals surface area contributed by atoms with Gasteiger partial charge in [-0.15, -0.1) is 0 Å². The van der Waals surface area contributed by atoms with Gasteiger partial charge in [0.1, 0.15) is 23.9 Å². The molecule has 0 radical (unpaired) electrons. The molecule has 0 aliphatic heterocycles. The van der Waals surface area contributed by atoms with Gasteiger partial charge >= 0.3 is 11.9 Å². The lowest BCUT2D eigenvalue weighted by atomic mass is 9.99. The highest BCUT2D eigenvalue weighted by Gasteiger charge is 2.51. The molecule has 1 aromatic carbocycles. The number of halogens is 2. The summed E-state index contributed by atoms with van der Waals surface area (Å²) in [6.07, 6.45) is 0. The van der Waals surface area contributed by atoms with Gasteiger partial charge < -0.3 is 24.9 Å². The molecular formula is C12H11F2O6-. The first-order chi connectivity index (χ1) is 9.09. The number of phenols is 1. The van der Waals surface area contributed by atoms with Crippen LogP contribution in [0.3, 0.4) is 0 Å². The van der Waals surface area contributed by atoms with Crippen LogP contribution in [-0.4, -0.2) is 40.3 Å². The van der Waals surface area contributed by atoms with E-state index >= 15 is 0 Å². The van der Waals surface area contributed by atoms with Crippen LogP contribution in [0.5, 0.6) is 5.75 Å². The Balaban J connectivity index is 2.79. The van der Waals surface area contributed by atoms with Crippen molar-refractivity contribution in [3.8, 4) is 5.75 Å². The number of rotatable bonds is 5. The molecule has 0 fully saturated rings. The summed E-state index contributed by atoms with van der Waals surface area (Å²) in [5.74, 6) is -9.02. The van der Waals surface area contributed by atoms with Crippen LogP contribution < -0.4 is 5.11 Å². The quantitative estimate of drug-likeness (QED) is 0.720. The summed E-state index contributed by atoms with van der Waals surface area (Å²) in [5, 5.41) is 28.9. The average Bonchev–Trinajstić information content (AvgIpc) is 2.36. The number of aliphatic carboxylic acids is 1. The summed E-state index contributed by atoms with van der Waals surface area (Å²) in [4.78, 5) is 21.7. The Kier molecular flexibility index (Phi) is 4.29. The number of carboxylic acid groups (broad SMARTS) is 1. The molecule has 1 unspecified atom stereocenters. The first-order valence-corrected chi connectivity index (χ1v) is 5.36. The average molecular weight is 289 g/mol. The Morgan fingerprint density at radius 2 is 1.90 bits per heavy atom. The minimum atomic E-state index is -4.61. The van der Waals surface area contributed by atoms with Crippen molar-refractivity contribution in [1.29, 1.82) is 0 Å². The van der Waals surface area contributed by atoms with E-state index in [4.69, 9.17) is 0 Å². The first-order valence-electron chi connectivity index (χ1n) is 5.36. The Bertz CT molecular complexity index is 526. The molecule has 8 heteroatoms. The third kappa shape index (κ3) is 3.02. The highest BCUT2D eigenvalue weighted by Crippen LogP contribution is 2.29. The fourth-order valence-corrected chi connectivity index (χ4v) is 1.24. The van der Waals surface area contributed by atoms with Gasteiger partial charge in [-0.1, -0.05) is 12.1 Å². The SMILES string of the molecule is CC(O)(COC(=O)c1ccccc1O)C(F)(F)C(=O)[O-]. The highest BCUT2D eigenvalue weighted by molar-refractivity contribution is 5.92. The van der Waals surface area contributed by atoms with Crippen LogP contribution >= 0.6 is 0 Å². The lowest BCUT2D eigenvalue weighted by Crippen LogP contribution is -2.59. The fourth-order valence-electron chi connectivity index (χ4n) is 1.24. The molecule has 0 amide bonds. The first kappa shape index (κ1) is 15.8. The van der Waals surface area contributed by atoms with E-state index in [-0.39, 0.29) is 5.56 Å². The smallest absolute Gasteiger partial charge is 0.342 e. The summed E-state index contributed by atoms with van der Waals surface area (Å²) in [7, 11) is 0. The molecule has 0 saturated carbocycles. The van der Waals surface area contributed by atoms with Gasteiger partial charge in [0.2, 0.25) is 0 Å². The van der Waals surface area contributed by atoms with Crippen molar-refractivity contribution in [2.24, 2.45) is 0 Å². The van der Waals surface area contributed by atoms with Crippen LogP contribution in [0.25, 0.3) is 0 Å². The number of carbonyl (C=O) groups excluding carboxylic acids is 2. The van der Waals surface area contributed by atoms with Gasteiger partial charge in [-0.2, -0.15) is 8.78 Å². The van der Waals surface area contributed by atoms with Crippen LogP contribution in [0.2, 0.25) is 0 Å². The number of para-hydroxylation sites is 1. The number of aliphatic hydroxyl groups is 1. The topological polar surface area (TPSA) is 107 Å². The summed E-state index contributed by atoms with van der Waals surface area (Å²) < 4.78 is 30.6. The Labute approximate surface area is 112 Å². The fraction of sp³-hybridized carbons (Fsp3) is 0.333. The zero-order valence-corrected chi connectivity index (χ0v) is 10.3. The number of carboxylic acids is 1. The van der Waals surface area contributed by atoms with E-state index in [0.717, 1.165) is 0 Å². The second-order valence-electron chi connectivity index (χ2n) is 4.23. The van der Waals surface area contributed by atoms with Gasteiger partial charge in [0.25, 0.3) is 0 Å². The normalized spacial score (nSPS) is 14.4. The van der Waals surface area contributed by atoms with Gasteiger partial charge in [0.05, 0.1) is 0 Å². The Morgan fingerprint density at radius 3 is 2.40 bits per heavy atom. The van der Waals surface area contributed by atoms with Gasteiger partial charge in [0, 0.05) is 0 Å². The van der Waals surface area contributed by atoms with Crippen LogP contribution in [-0.2, 0) is 9.53 Å². The van der Waals surface area contributed by atoms with Crippen LogP contribution in [0, 0.1) is 0 Å². The number of hydrogen-bond donors (Lipinski definition) is 2. The summed E-state index contributed by atoms with van der Waals surface area (Å²) in [5.41, 5.74) is -3.45. The maximum Gasteiger partial charge on any atom is 0.342 e. The second kappa shape index (κ2) is 5.41. The van der Waals surface area contributed by atoms with Crippen molar-refractivity contribution in [2.45, 2.75) is 18.4 Å². The molecule has 0 aliphatic carbocycles. The number of aromatic hydroxyl groups is 1. The standard InChI is InChI=1S/C12H12F2O6/c1-11(19,12(13,14)10(17)18)6-20-9(16)7-4-2-3-5-8(7)15/h2-5,15,19H,6H2,1H3,(H,17,18)/p-1. The van der Waals surface area contributed by atoms with E-state index in [1.807, 2.05) is 0 Å². The molecule has 1 aromatic rings. The van der Waals surface area contributed by atoms with Gasteiger partial charge in [0.15, 0.2) is 5.60 Å². The maximum absolute atomic E-state index is 13.1. The maximum atomic E-state index is 13.1. The third-order valence-corrected chi connectivity index (χ3v) is 2.54. The van der Waals surface area contributed by atoms with Crippen molar-refractivity contribution < 1.29 is 38.4 Å². The lowest BCUT2D eigenvalue weighted by Gasteiger charge is -2.32. The van der Waals surface area contributed by atoms with Crippen molar-refractivity contribution in [1.82, 2.24) is 0 Å². The van der Waals surface area contributed by atoms with E-state index in [0.29, 0.717) is 6.92 Å². The molecule has 0 heterocycles. The van der Waals surface area contributed by atoms with Crippen molar-refractivity contribution >= 4 is 11.9 Å². The second-order valence-corrected chi connectivity index (χ2v) is 4.23. The summed E-state index contributed by atoms with van der Waals surface area (Å²) >= 11 is 0. The molecule has 0 aliphatic rings. The monoisotopic (exact) mass is 289 g/mol. The van der Waals surface area contributed by atoms with E-state index in [1.54, 1.807) is 0 Å².